The van der Waals surface area contributed by atoms with Crippen molar-refractivity contribution in [1.82, 2.24) is 9.99 Å². The van der Waals surface area contributed by atoms with Crippen LogP contribution >= 0.6 is 15.9 Å². The van der Waals surface area contributed by atoms with Gasteiger partial charge in [0.25, 0.3) is 5.91 Å². The van der Waals surface area contributed by atoms with Crippen molar-refractivity contribution < 1.29 is 14.3 Å². The Balaban J connectivity index is 1.59. The van der Waals surface area contributed by atoms with E-state index >= 15 is 0 Å². The van der Waals surface area contributed by atoms with E-state index in [0.717, 1.165) is 20.9 Å². The summed E-state index contributed by atoms with van der Waals surface area (Å²) >= 11 is 3.36. The fraction of sp³-hybridized carbons (Fsp3) is 0.158. The van der Waals surface area contributed by atoms with Crippen molar-refractivity contribution in [1.29, 1.82) is 0 Å². The predicted molar refractivity (Wildman–Crippen MR) is 105 cm³/mol. The van der Waals surface area contributed by atoms with Crippen molar-refractivity contribution in [2.45, 2.75) is 0 Å². The number of carbonyl (C=O) groups is 1. The second-order valence-electron chi connectivity index (χ2n) is 5.59. The highest BCUT2D eigenvalue weighted by Crippen LogP contribution is 2.30. The minimum absolute atomic E-state index is 0.162. The second kappa shape index (κ2) is 8.05. The van der Waals surface area contributed by atoms with E-state index in [4.69, 9.17) is 9.47 Å². The van der Waals surface area contributed by atoms with Crippen LogP contribution in [0.1, 0.15) is 5.56 Å². The van der Waals surface area contributed by atoms with E-state index in [0.29, 0.717) is 11.5 Å². The highest BCUT2D eigenvalue weighted by molar-refractivity contribution is 9.10. The molecule has 1 heterocycles. The summed E-state index contributed by atoms with van der Waals surface area (Å²) in [6.07, 6.45) is 3.59. The van der Waals surface area contributed by atoms with E-state index in [1.165, 1.54) is 0 Å². The topological polar surface area (TPSA) is 64.8 Å². The molecular formula is C19H18BrN3O3. The highest BCUT2D eigenvalue weighted by atomic mass is 79.9. The van der Waals surface area contributed by atoms with E-state index < -0.39 is 0 Å². The largest absolute Gasteiger partial charge is 0.493 e. The van der Waals surface area contributed by atoms with Crippen molar-refractivity contribution in [3.8, 4) is 11.5 Å². The number of para-hydroxylation sites is 1. The molecule has 0 aliphatic heterocycles. The molecule has 0 spiro atoms. The Hall–Kier alpha value is -2.80. The van der Waals surface area contributed by atoms with Gasteiger partial charge in [0.15, 0.2) is 18.1 Å². The van der Waals surface area contributed by atoms with E-state index in [2.05, 4.69) is 26.5 Å². The number of methoxy groups -OCH3 is 1. The lowest BCUT2D eigenvalue weighted by atomic mass is 10.2. The maximum Gasteiger partial charge on any atom is 0.277 e. The SMILES string of the molecule is COc1cc(Br)ccc1OCC(=O)N/N=C\c1cn(C)c2ccccc12. The molecule has 0 aliphatic carbocycles. The molecule has 0 aliphatic rings. The second-order valence-corrected chi connectivity index (χ2v) is 6.51. The normalized spacial score (nSPS) is 11.0. The number of ether oxygens (including phenoxy) is 2. The molecule has 26 heavy (non-hydrogen) atoms. The van der Waals surface area contributed by atoms with Crippen LogP contribution in [-0.4, -0.2) is 30.4 Å². The summed E-state index contributed by atoms with van der Waals surface area (Å²) in [4.78, 5) is 11.9. The maximum absolute atomic E-state index is 11.9. The minimum Gasteiger partial charge on any atom is -0.493 e. The van der Waals surface area contributed by atoms with Gasteiger partial charge in [-0.2, -0.15) is 5.10 Å². The number of hydrogen-bond acceptors (Lipinski definition) is 4. The number of benzene rings is 2. The quantitative estimate of drug-likeness (QED) is 0.495. The summed E-state index contributed by atoms with van der Waals surface area (Å²) in [5.41, 5.74) is 4.50. The molecule has 0 saturated carbocycles. The van der Waals surface area contributed by atoms with Gasteiger partial charge in [0.2, 0.25) is 0 Å². The number of rotatable bonds is 6. The molecule has 0 bridgehead atoms. The first-order chi connectivity index (χ1) is 12.6. The smallest absolute Gasteiger partial charge is 0.277 e. The van der Waals surface area contributed by atoms with Crippen molar-refractivity contribution in [2.75, 3.05) is 13.7 Å². The van der Waals surface area contributed by atoms with Gasteiger partial charge >= 0.3 is 0 Å². The van der Waals surface area contributed by atoms with Gasteiger partial charge in [0, 0.05) is 34.2 Å². The average molecular weight is 416 g/mol. The van der Waals surface area contributed by atoms with Crippen LogP contribution in [0.2, 0.25) is 0 Å². The molecule has 1 amide bonds. The summed E-state index contributed by atoms with van der Waals surface area (Å²) in [5.74, 6) is 0.682. The molecule has 3 rings (SSSR count). The molecule has 0 saturated heterocycles. The third kappa shape index (κ3) is 4.05. The number of nitrogens with zero attached hydrogens (tertiary/aromatic N) is 2. The number of fused-ring (bicyclic) bond motifs is 1. The fourth-order valence-corrected chi connectivity index (χ4v) is 2.93. The molecule has 0 atom stereocenters. The third-order valence-corrected chi connectivity index (χ3v) is 4.30. The molecule has 0 radical (unpaired) electrons. The molecular weight excluding hydrogens is 398 g/mol. The average Bonchev–Trinajstić information content (AvgIpc) is 2.97. The van der Waals surface area contributed by atoms with E-state index in [1.54, 1.807) is 25.5 Å². The monoisotopic (exact) mass is 415 g/mol. The van der Waals surface area contributed by atoms with E-state index in [9.17, 15) is 4.79 Å². The summed E-state index contributed by atoms with van der Waals surface area (Å²) in [7, 11) is 3.51. The molecule has 134 valence electrons. The van der Waals surface area contributed by atoms with Crippen molar-refractivity contribution in [3.05, 3.63) is 58.7 Å². The van der Waals surface area contributed by atoms with Crippen LogP contribution in [0.15, 0.2) is 58.2 Å². The molecule has 0 fully saturated rings. The molecule has 1 aromatic heterocycles. The number of halogens is 1. The van der Waals surface area contributed by atoms with Gasteiger partial charge in [-0.15, -0.1) is 0 Å². The maximum atomic E-state index is 11.9. The lowest BCUT2D eigenvalue weighted by Crippen LogP contribution is -2.24. The Morgan fingerprint density at radius 3 is 2.88 bits per heavy atom. The predicted octanol–water partition coefficient (Wildman–Crippen LogP) is 3.48. The summed E-state index contributed by atoms with van der Waals surface area (Å²) < 4.78 is 13.6. The first kappa shape index (κ1) is 18.0. The fourth-order valence-electron chi connectivity index (χ4n) is 2.59. The number of carbonyl (C=O) groups excluding carboxylic acids is 1. The molecule has 6 nitrogen and oxygen atoms in total. The lowest BCUT2D eigenvalue weighted by Gasteiger charge is -2.09. The number of aryl methyl sites for hydroxylation is 1. The Morgan fingerprint density at radius 1 is 1.27 bits per heavy atom. The van der Waals surface area contributed by atoms with Gasteiger partial charge in [0.1, 0.15) is 0 Å². The molecule has 1 N–H and O–H groups in total. The first-order valence-corrected chi connectivity index (χ1v) is 8.70. The Bertz CT molecular complexity index is 966. The minimum atomic E-state index is -0.355. The zero-order valence-electron chi connectivity index (χ0n) is 14.4. The van der Waals surface area contributed by atoms with Crippen LogP contribution in [0.5, 0.6) is 11.5 Å². The Morgan fingerprint density at radius 2 is 2.08 bits per heavy atom. The Kier molecular flexibility index (Phi) is 5.58. The van der Waals surface area contributed by atoms with Crippen molar-refractivity contribution in [3.63, 3.8) is 0 Å². The van der Waals surface area contributed by atoms with Crippen molar-refractivity contribution in [2.24, 2.45) is 12.1 Å². The zero-order valence-corrected chi connectivity index (χ0v) is 16.0. The van der Waals surface area contributed by atoms with Crippen LogP contribution < -0.4 is 14.9 Å². The van der Waals surface area contributed by atoms with E-state index in [1.807, 2.05) is 48.1 Å². The molecule has 0 unspecified atom stereocenters. The van der Waals surface area contributed by atoms with Gasteiger partial charge in [-0.25, -0.2) is 5.43 Å². The standard InChI is InChI=1S/C19H18BrN3O3/c1-23-11-13(15-5-3-4-6-16(15)23)10-21-22-19(24)12-26-17-8-7-14(20)9-18(17)25-2/h3-11H,12H2,1-2H3,(H,22,24)/b21-10-. The van der Waals surface area contributed by atoms with Crippen LogP contribution in [0, 0.1) is 0 Å². The number of amides is 1. The summed E-state index contributed by atoms with van der Waals surface area (Å²) in [6.45, 7) is -0.162. The van der Waals surface area contributed by atoms with Gasteiger partial charge in [-0.1, -0.05) is 34.1 Å². The van der Waals surface area contributed by atoms with Gasteiger partial charge in [-0.3, -0.25) is 4.79 Å². The van der Waals surface area contributed by atoms with Crippen LogP contribution in [0.4, 0.5) is 0 Å². The number of aromatic nitrogens is 1. The van der Waals surface area contributed by atoms with Gasteiger partial charge in [0.05, 0.1) is 13.3 Å². The molecule has 2 aromatic carbocycles. The van der Waals surface area contributed by atoms with Crippen LogP contribution in [0.25, 0.3) is 10.9 Å². The number of hydrazone groups is 1. The zero-order chi connectivity index (χ0) is 18.5. The number of hydrogen-bond donors (Lipinski definition) is 1. The Labute approximate surface area is 159 Å². The lowest BCUT2D eigenvalue weighted by molar-refractivity contribution is -0.123. The number of nitrogens with one attached hydrogen (secondary N) is 1. The highest BCUT2D eigenvalue weighted by Gasteiger charge is 2.08. The first-order valence-electron chi connectivity index (χ1n) is 7.91. The molecule has 7 heteroatoms. The summed E-state index contributed by atoms with van der Waals surface area (Å²) in [5, 5.41) is 5.09. The van der Waals surface area contributed by atoms with Gasteiger partial charge < -0.3 is 14.0 Å². The summed E-state index contributed by atoms with van der Waals surface area (Å²) in [6, 6.07) is 13.3. The third-order valence-electron chi connectivity index (χ3n) is 3.81. The van der Waals surface area contributed by atoms with Crippen LogP contribution in [-0.2, 0) is 11.8 Å². The molecule has 3 aromatic rings. The van der Waals surface area contributed by atoms with Gasteiger partial charge in [-0.05, 0) is 24.3 Å². The van der Waals surface area contributed by atoms with Crippen molar-refractivity contribution >= 4 is 39.0 Å². The van der Waals surface area contributed by atoms with E-state index in [-0.39, 0.29) is 12.5 Å². The van der Waals surface area contributed by atoms with Crippen LogP contribution in [0.3, 0.4) is 0 Å².